The second-order valence-electron chi connectivity index (χ2n) is 2.57. The normalized spacial score (nSPS) is 17.8. The molecule has 4 nitrogen and oxygen atoms in total. The maximum Gasteiger partial charge on any atom is 0.337 e. The van der Waals surface area contributed by atoms with Crippen LogP contribution in [-0.2, 0) is 9.53 Å². The first-order chi connectivity index (χ1) is 5.75. The van der Waals surface area contributed by atoms with Crippen molar-refractivity contribution in [3.8, 4) is 0 Å². The van der Waals surface area contributed by atoms with Crippen LogP contribution < -0.4 is 5.32 Å². The Morgan fingerprint density at radius 1 is 1.75 bits per heavy atom. The maximum absolute atomic E-state index is 11.1. The zero-order chi connectivity index (χ0) is 8.97. The molecule has 0 saturated carbocycles. The van der Waals surface area contributed by atoms with Crippen LogP contribution in [0.2, 0.25) is 0 Å². The Hall–Kier alpha value is -1.03. The SMILES string of the molecule is CCOC(=O)C1=C(O)CNCC1. The van der Waals surface area contributed by atoms with Gasteiger partial charge in [0, 0.05) is 0 Å². The highest BCUT2D eigenvalue weighted by Crippen LogP contribution is 2.11. The number of hydrogen-bond acceptors (Lipinski definition) is 4. The van der Waals surface area contributed by atoms with Crippen LogP contribution >= 0.6 is 0 Å². The molecule has 0 saturated heterocycles. The summed E-state index contributed by atoms with van der Waals surface area (Å²) >= 11 is 0. The fourth-order valence-corrected chi connectivity index (χ4v) is 1.11. The molecular weight excluding hydrogens is 158 g/mol. The lowest BCUT2D eigenvalue weighted by Crippen LogP contribution is -2.28. The van der Waals surface area contributed by atoms with E-state index in [0.29, 0.717) is 25.1 Å². The number of hydrogen-bond donors (Lipinski definition) is 2. The first-order valence-corrected chi connectivity index (χ1v) is 4.04. The zero-order valence-electron chi connectivity index (χ0n) is 7.09. The second kappa shape index (κ2) is 4.11. The molecule has 0 unspecified atom stereocenters. The number of ether oxygens (including phenoxy) is 1. The average Bonchev–Trinajstić information content (AvgIpc) is 2.05. The Kier molecular flexibility index (Phi) is 3.10. The van der Waals surface area contributed by atoms with Crippen molar-refractivity contribution in [2.75, 3.05) is 19.7 Å². The number of esters is 1. The molecule has 2 N–H and O–H groups in total. The van der Waals surface area contributed by atoms with Gasteiger partial charge in [-0.3, -0.25) is 0 Å². The second-order valence-corrected chi connectivity index (χ2v) is 2.57. The van der Waals surface area contributed by atoms with Crippen LogP contribution in [0.4, 0.5) is 0 Å². The first kappa shape index (κ1) is 9.06. The van der Waals surface area contributed by atoms with Crippen molar-refractivity contribution in [2.24, 2.45) is 0 Å². The van der Waals surface area contributed by atoms with Gasteiger partial charge in [-0.1, -0.05) is 0 Å². The first-order valence-electron chi connectivity index (χ1n) is 4.04. The lowest BCUT2D eigenvalue weighted by Gasteiger charge is -2.15. The molecule has 0 aromatic heterocycles. The highest BCUT2D eigenvalue weighted by Gasteiger charge is 2.18. The molecule has 0 spiro atoms. The van der Waals surface area contributed by atoms with Gasteiger partial charge in [0.25, 0.3) is 0 Å². The molecule has 12 heavy (non-hydrogen) atoms. The van der Waals surface area contributed by atoms with E-state index in [2.05, 4.69) is 5.32 Å². The van der Waals surface area contributed by atoms with E-state index in [-0.39, 0.29) is 5.76 Å². The molecule has 1 aliphatic heterocycles. The minimum absolute atomic E-state index is 0.111. The number of carbonyl (C=O) groups is 1. The van der Waals surface area contributed by atoms with Gasteiger partial charge in [-0.15, -0.1) is 0 Å². The van der Waals surface area contributed by atoms with E-state index in [1.165, 1.54) is 0 Å². The van der Waals surface area contributed by atoms with E-state index < -0.39 is 5.97 Å². The highest BCUT2D eigenvalue weighted by molar-refractivity contribution is 5.89. The smallest absolute Gasteiger partial charge is 0.337 e. The predicted octanol–water partition coefficient (Wildman–Crippen LogP) is 0.355. The Labute approximate surface area is 71.2 Å². The van der Waals surface area contributed by atoms with Gasteiger partial charge in [0.15, 0.2) is 0 Å². The van der Waals surface area contributed by atoms with Crippen molar-refractivity contribution in [3.63, 3.8) is 0 Å². The van der Waals surface area contributed by atoms with Crippen molar-refractivity contribution in [2.45, 2.75) is 13.3 Å². The summed E-state index contributed by atoms with van der Waals surface area (Å²) in [4.78, 5) is 11.1. The zero-order valence-corrected chi connectivity index (χ0v) is 7.09. The lowest BCUT2D eigenvalue weighted by molar-refractivity contribution is -0.139. The van der Waals surface area contributed by atoms with Crippen LogP contribution in [0.5, 0.6) is 0 Å². The molecule has 0 atom stereocenters. The van der Waals surface area contributed by atoms with Crippen LogP contribution in [0.25, 0.3) is 0 Å². The van der Waals surface area contributed by atoms with Gasteiger partial charge in [0.05, 0.1) is 18.7 Å². The summed E-state index contributed by atoms with van der Waals surface area (Å²) in [7, 11) is 0. The van der Waals surface area contributed by atoms with Crippen LogP contribution in [0, 0.1) is 0 Å². The summed E-state index contributed by atoms with van der Waals surface area (Å²) in [5.41, 5.74) is 0.413. The summed E-state index contributed by atoms with van der Waals surface area (Å²) in [5.74, 6) is -0.281. The van der Waals surface area contributed by atoms with Crippen molar-refractivity contribution in [1.29, 1.82) is 0 Å². The maximum atomic E-state index is 11.1. The molecule has 0 aliphatic carbocycles. The fourth-order valence-electron chi connectivity index (χ4n) is 1.11. The summed E-state index contributed by atoms with van der Waals surface area (Å²) in [5, 5.41) is 12.2. The standard InChI is InChI=1S/C8H13NO3/c1-2-12-8(11)6-3-4-9-5-7(6)10/h9-10H,2-5H2,1H3. The monoisotopic (exact) mass is 171 g/mol. The van der Waals surface area contributed by atoms with Gasteiger partial charge in [0.1, 0.15) is 5.76 Å². The Bertz CT molecular complexity index is 210. The average molecular weight is 171 g/mol. The molecule has 0 fully saturated rings. The third-order valence-corrected chi connectivity index (χ3v) is 1.71. The lowest BCUT2D eigenvalue weighted by atomic mass is 10.1. The molecule has 0 aromatic carbocycles. The predicted molar refractivity (Wildman–Crippen MR) is 43.8 cm³/mol. The van der Waals surface area contributed by atoms with Crippen LogP contribution in [0.1, 0.15) is 13.3 Å². The van der Waals surface area contributed by atoms with Crippen LogP contribution in [-0.4, -0.2) is 30.8 Å². The quantitative estimate of drug-likeness (QED) is 0.589. The summed E-state index contributed by atoms with van der Waals surface area (Å²) in [6, 6.07) is 0. The molecule has 0 bridgehead atoms. The van der Waals surface area contributed by atoms with Crippen molar-refractivity contribution in [1.82, 2.24) is 5.32 Å². The molecular formula is C8H13NO3. The highest BCUT2D eigenvalue weighted by atomic mass is 16.5. The summed E-state index contributed by atoms with van der Waals surface area (Å²) in [6.07, 6.45) is 0.546. The minimum atomic E-state index is -0.392. The summed E-state index contributed by atoms with van der Waals surface area (Å²) < 4.78 is 4.77. The number of aliphatic hydroxyl groups is 1. The molecule has 4 heteroatoms. The molecule has 68 valence electrons. The fraction of sp³-hybridized carbons (Fsp3) is 0.625. The van der Waals surface area contributed by atoms with Crippen LogP contribution in [0.15, 0.2) is 11.3 Å². The van der Waals surface area contributed by atoms with Crippen molar-refractivity contribution < 1.29 is 14.6 Å². The topological polar surface area (TPSA) is 58.6 Å². The van der Waals surface area contributed by atoms with Gasteiger partial charge >= 0.3 is 5.97 Å². The minimum Gasteiger partial charge on any atom is -0.510 e. The van der Waals surface area contributed by atoms with Crippen LogP contribution in [0.3, 0.4) is 0 Å². The Morgan fingerprint density at radius 3 is 3.08 bits per heavy atom. The molecule has 1 rings (SSSR count). The third-order valence-electron chi connectivity index (χ3n) is 1.71. The van der Waals surface area contributed by atoms with Crippen molar-refractivity contribution >= 4 is 5.97 Å². The van der Waals surface area contributed by atoms with Gasteiger partial charge < -0.3 is 15.2 Å². The van der Waals surface area contributed by atoms with E-state index in [1.54, 1.807) is 6.92 Å². The van der Waals surface area contributed by atoms with E-state index in [0.717, 1.165) is 6.54 Å². The molecule has 1 aliphatic rings. The van der Waals surface area contributed by atoms with E-state index >= 15 is 0 Å². The third kappa shape index (κ3) is 1.98. The number of nitrogens with one attached hydrogen (secondary N) is 1. The van der Waals surface area contributed by atoms with E-state index in [4.69, 9.17) is 4.74 Å². The van der Waals surface area contributed by atoms with Gasteiger partial charge in [0.2, 0.25) is 0 Å². The summed E-state index contributed by atoms with van der Waals surface area (Å²) in [6.45, 7) is 3.19. The molecule has 0 amide bonds. The number of aliphatic hydroxyl groups excluding tert-OH is 1. The number of rotatable bonds is 2. The Balaban J connectivity index is 2.64. The number of carbonyl (C=O) groups excluding carboxylic acids is 1. The van der Waals surface area contributed by atoms with E-state index in [9.17, 15) is 9.90 Å². The van der Waals surface area contributed by atoms with Gasteiger partial charge in [-0.05, 0) is 19.9 Å². The van der Waals surface area contributed by atoms with Gasteiger partial charge in [-0.2, -0.15) is 0 Å². The molecule has 0 radical (unpaired) electrons. The largest absolute Gasteiger partial charge is 0.510 e. The van der Waals surface area contributed by atoms with Crippen molar-refractivity contribution in [3.05, 3.63) is 11.3 Å². The van der Waals surface area contributed by atoms with E-state index in [1.807, 2.05) is 0 Å². The van der Waals surface area contributed by atoms with Gasteiger partial charge in [-0.25, -0.2) is 4.79 Å². The molecule has 0 aromatic rings. The molecule has 1 heterocycles. The Morgan fingerprint density at radius 2 is 2.50 bits per heavy atom.